The Labute approximate surface area is 120 Å². The van der Waals surface area contributed by atoms with Gasteiger partial charge in [0.15, 0.2) is 0 Å². The highest BCUT2D eigenvalue weighted by Crippen LogP contribution is 2.26. The minimum absolute atomic E-state index is 0.162. The third-order valence-corrected chi connectivity index (χ3v) is 4.21. The van der Waals surface area contributed by atoms with E-state index in [2.05, 4.69) is 12.2 Å². The molecule has 1 saturated heterocycles. The second-order valence-electron chi connectivity index (χ2n) is 5.55. The molecule has 3 rings (SSSR count). The maximum Gasteiger partial charge on any atom is 0.253 e. The molecule has 2 heterocycles. The molecule has 2 aliphatic heterocycles. The summed E-state index contributed by atoms with van der Waals surface area (Å²) in [6.07, 6.45) is 3.01. The third kappa shape index (κ3) is 2.66. The number of hydrogen-bond donors (Lipinski definition) is 1. The minimum atomic E-state index is 0.162. The van der Waals surface area contributed by atoms with E-state index in [1.54, 1.807) is 0 Å². The Morgan fingerprint density at radius 3 is 2.95 bits per heavy atom. The third-order valence-electron chi connectivity index (χ3n) is 4.21. The second kappa shape index (κ2) is 5.83. The van der Waals surface area contributed by atoms with Gasteiger partial charge in [0.05, 0.1) is 6.61 Å². The molecule has 0 unspecified atom stereocenters. The number of rotatable bonds is 3. The monoisotopic (exact) mass is 274 g/mol. The normalized spacial score (nSPS) is 18.8. The van der Waals surface area contributed by atoms with Crippen molar-refractivity contribution in [2.45, 2.75) is 32.2 Å². The van der Waals surface area contributed by atoms with E-state index < -0.39 is 0 Å². The zero-order valence-corrected chi connectivity index (χ0v) is 12.0. The fourth-order valence-corrected chi connectivity index (χ4v) is 3.08. The molecule has 108 valence electrons. The lowest BCUT2D eigenvalue weighted by Crippen LogP contribution is -2.44. The Kier molecular flexibility index (Phi) is 3.92. The van der Waals surface area contributed by atoms with E-state index in [0.717, 1.165) is 56.8 Å². The SMILES string of the molecule is CCNC1CCN(C(=O)c2ccc3c(c2)CCO3)CC1. The zero-order chi connectivity index (χ0) is 13.9. The van der Waals surface area contributed by atoms with Gasteiger partial charge in [0.2, 0.25) is 0 Å². The maximum atomic E-state index is 12.5. The average Bonchev–Trinajstić information content (AvgIpc) is 2.95. The predicted molar refractivity (Wildman–Crippen MR) is 78.2 cm³/mol. The van der Waals surface area contributed by atoms with Crippen LogP contribution in [0.3, 0.4) is 0 Å². The van der Waals surface area contributed by atoms with Crippen molar-refractivity contribution in [2.24, 2.45) is 0 Å². The minimum Gasteiger partial charge on any atom is -0.493 e. The molecule has 4 nitrogen and oxygen atoms in total. The molecule has 4 heteroatoms. The molecule has 1 fully saturated rings. The fraction of sp³-hybridized carbons (Fsp3) is 0.562. The van der Waals surface area contributed by atoms with E-state index in [9.17, 15) is 4.79 Å². The van der Waals surface area contributed by atoms with Crippen molar-refractivity contribution in [3.8, 4) is 5.75 Å². The number of nitrogens with one attached hydrogen (secondary N) is 1. The van der Waals surface area contributed by atoms with Crippen LogP contribution >= 0.6 is 0 Å². The number of amides is 1. The van der Waals surface area contributed by atoms with Gasteiger partial charge in [-0.3, -0.25) is 4.79 Å². The van der Waals surface area contributed by atoms with Crippen molar-refractivity contribution >= 4 is 5.91 Å². The number of piperidine rings is 1. The molecule has 1 aromatic rings. The lowest BCUT2D eigenvalue weighted by Gasteiger charge is -2.32. The topological polar surface area (TPSA) is 41.6 Å². The van der Waals surface area contributed by atoms with Crippen LogP contribution in [0.2, 0.25) is 0 Å². The van der Waals surface area contributed by atoms with Gasteiger partial charge in [0, 0.05) is 31.1 Å². The molecule has 0 atom stereocenters. The molecular formula is C16H22N2O2. The van der Waals surface area contributed by atoms with Crippen LogP contribution in [-0.4, -0.2) is 43.1 Å². The summed E-state index contributed by atoms with van der Waals surface area (Å²) in [6.45, 7) is 5.57. The number of ether oxygens (including phenoxy) is 1. The maximum absolute atomic E-state index is 12.5. The van der Waals surface area contributed by atoms with Gasteiger partial charge in [-0.05, 0) is 43.1 Å². The number of likely N-dealkylation sites (tertiary alicyclic amines) is 1. The Morgan fingerprint density at radius 2 is 2.20 bits per heavy atom. The quantitative estimate of drug-likeness (QED) is 0.914. The van der Waals surface area contributed by atoms with Gasteiger partial charge in [0.25, 0.3) is 5.91 Å². The fourth-order valence-electron chi connectivity index (χ4n) is 3.08. The second-order valence-corrected chi connectivity index (χ2v) is 5.55. The first kappa shape index (κ1) is 13.4. The van der Waals surface area contributed by atoms with E-state index in [-0.39, 0.29) is 5.91 Å². The highest BCUT2D eigenvalue weighted by molar-refractivity contribution is 5.94. The summed E-state index contributed by atoms with van der Waals surface area (Å²) < 4.78 is 5.49. The first-order chi connectivity index (χ1) is 9.78. The van der Waals surface area contributed by atoms with Gasteiger partial charge < -0.3 is 15.0 Å². The van der Waals surface area contributed by atoms with Crippen molar-refractivity contribution < 1.29 is 9.53 Å². The van der Waals surface area contributed by atoms with Gasteiger partial charge in [-0.1, -0.05) is 6.92 Å². The summed E-state index contributed by atoms with van der Waals surface area (Å²) in [5.41, 5.74) is 1.97. The molecule has 0 aromatic heterocycles. The summed E-state index contributed by atoms with van der Waals surface area (Å²) in [5, 5.41) is 3.46. The number of benzene rings is 1. The number of carbonyl (C=O) groups excluding carboxylic acids is 1. The molecule has 0 spiro atoms. The van der Waals surface area contributed by atoms with Crippen molar-refractivity contribution in [3.05, 3.63) is 29.3 Å². The van der Waals surface area contributed by atoms with Gasteiger partial charge in [-0.2, -0.15) is 0 Å². The first-order valence-electron chi connectivity index (χ1n) is 7.56. The standard InChI is InChI=1S/C16H22N2O2/c1-2-17-14-5-8-18(9-6-14)16(19)13-3-4-15-12(11-13)7-10-20-15/h3-4,11,14,17H,2,5-10H2,1H3. The summed E-state index contributed by atoms with van der Waals surface area (Å²) in [5.74, 6) is 1.10. The molecule has 1 N–H and O–H groups in total. The lowest BCUT2D eigenvalue weighted by molar-refractivity contribution is 0.0706. The molecule has 1 aromatic carbocycles. The van der Waals surface area contributed by atoms with Crippen molar-refractivity contribution in [1.82, 2.24) is 10.2 Å². The van der Waals surface area contributed by atoms with Crippen molar-refractivity contribution in [2.75, 3.05) is 26.2 Å². The van der Waals surface area contributed by atoms with Crippen LogP contribution < -0.4 is 10.1 Å². The van der Waals surface area contributed by atoms with E-state index in [4.69, 9.17) is 4.74 Å². The number of fused-ring (bicyclic) bond motifs is 1. The van der Waals surface area contributed by atoms with Crippen LogP contribution in [0.1, 0.15) is 35.7 Å². The van der Waals surface area contributed by atoms with Gasteiger partial charge in [0.1, 0.15) is 5.75 Å². The predicted octanol–water partition coefficient (Wildman–Crippen LogP) is 1.84. The van der Waals surface area contributed by atoms with Gasteiger partial charge in [-0.25, -0.2) is 0 Å². The largest absolute Gasteiger partial charge is 0.493 e. The zero-order valence-electron chi connectivity index (χ0n) is 12.0. The van der Waals surface area contributed by atoms with Crippen LogP contribution in [0.5, 0.6) is 5.75 Å². The molecule has 0 radical (unpaired) electrons. The van der Waals surface area contributed by atoms with Crippen LogP contribution in [0.25, 0.3) is 0 Å². The molecule has 2 aliphatic rings. The van der Waals surface area contributed by atoms with E-state index in [1.165, 1.54) is 5.56 Å². The van der Waals surface area contributed by atoms with Crippen LogP contribution in [0.4, 0.5) is 0 Å². The number of hydrogen-bond acceptors (Lipinski definition) is 3. The Hall–Kier alpha value is -1.55. The van der Waals surface area contributed by atoms with Crippen molar-refractivity contribution in [3.63, 3.8) is 0 Å². The van der Waals surface area contributed by atoms with Crippen molar-refractivity contribution in [1.29, 1.82) is 0 Å². The van der Waals surface area contributed by atoms with Crippen LogP contribution in [0.15, 0.2) is 18.2 Å². The van der Waals surface area contributed by atoms with Crippen LogP contribution in [0, 0.1) is 0 Å². The summed E-state index contributed by atoms with van der Waals surface area (Å²) in [4.78, 5) is 14.5. The summed E-state index contributed by atoms with van der Waals surface area (Å²) >= 11 is 0. The lowest BCUT2D eigenvalue weighted by atomic mass is 10.0. The number of carbonyl (C=O) groups is 1. The molecule has 0 saturated carbocycles. The molecule has 20 heavy (non-hydrogen) atoms. The first-order valence-corrected chi connectivity index (χ1v) is 7.56. The Balaban J connectivity index is 1.65. The van der Waals surface area contributed by atoms with Crippen LogP contribution in [-0.2, 0) is 6.42 Å². The van der Waals surface area contributed by atoms with E-state index >= 15 is 0 Å². The Morgan fingerprint density at radius 1 is 1.40 bits per heavy atom. The Bertz CT molecular complexity index is 493. The number of nitrogens with zero attached hydrogens (tertiary/aromatic N) is 1. The average molecular weight is 274 g/mol. The highest BCUT2D eigenvalue weighted by atomic mass is 16.5. The molecule has 0 aliphatic carbocycles. The summed E-state index contributed by atoms with van der Waals surface area (Å²) in [6, 6.07) is 6.39. The highest BCUT2D eigenvalue weighted by Gasteiger charge is 2.24. The molecule has 1 amide bonds. The van der Waals surface area contributed by atoms with Gasteiger partial charge in [-0.15, -0.1) is 0 Å². The van der Waals surface area contributed by atoms with E-state index in [1.807, 2.05) is 23.1 Å². The molecular weight excluding hydrogens is 252 g/mol. The van der Waals surface area contributed by atoms with E-state index in [0.29, 0.717) is 6.04 Å². The summed E-state index contributed by atoms with van der Waals surface area (Å²) in [7, 11) is 0. The van der Waals surface area contributed by atoms with Gasteiger partial charge >= 0.3 is 0 Å². The molecule has 0 bridgehead atoms. The smallest absolute Gasteiger partial charge is 0.253 e.